The molecular weight excluding hydrogens is 498 g/mol. The molecule has 2 aromatic rings. The fraction of sp³-hybridized carbons (Fsp3) is 0.500. The number of esters is 1. The van der Waals surface area contributed by atoms with Crippen molar-refractivity contribution in [2.24, 2.45) is 5.92 Å². The first kappa shape index (κ1) is 28.6. The lowest BCUT2D eigenvalue weighted by Crippen LogP contribution is -2.43. The highest BCUT2D eigenvalue weighted by molar-refractivity contribution is 6.32. The van der Waals surface area contributed by atoms with Crippen LogP contribution in [0.2, 0.25) is 5.02 Å². The average Bonchev–Trinajstić information content (AvgIpc) is 2.79. The van der Waals surface area contributed by atoms with Gasteiger partial charge in [0, 0.05) is 17.6 Å². The van der Waals surface area contributed by atoms with Gasteiger partial charge in [0.15, 0.2) is 11.5 Å². The van der Waals surface area contributed by atoms with E-state index in [1.54, 1.807) is 30.0 Å². The summed E-state index contributed by atoms with van der Waals surface area (Å²) in [6.45, 7) is 13.2. The maximum absolute atomic E-state index is 13.1. The predicted molar refractivity (Wildman–Crippen MR) is 141 cm³/mol. The number of methoxy groups -OCH3 is 1. The van der Waals surface area contributed by atoms with Gasteiger partial charge in [-0.05, 0) is 70.7 Å². The third-order valence-electron chi connectivity index (χ3n) is 6.15. The van der Waals surface area contributed by atoms with Gasteiger partial charge in [-0.15, -0.1) is 0 Å². The van der Waals surface area contributed by atoms with E-state index in [2.05, 4.69) is 0 Å². The predicted octanol–water partition coefficient (Wildman–Crippen LogP) is 6.82. The zero-order chi connectivity index (χ0) is 27.6. The third-order valence-corrected chi connectivity index (χ3v) is 6.68. The summed E-state index contributed by atoms with van der Waals surface area (Å²) in [6.07, 6.45) is -0.913. The largest absolute Gasteiger partial charge is 0.495 e. The van der Waals surface area contributed by atoms with E-state index in [1.807, 2.05) is 41.5 Å². The number of aliphatic hydroxyl groups excluding tert-OH is 1. The lowest BCUT2D eigenvalue weighted by atomic mass is 9.96. The minimum atomic E-state index is -0.850. The summed E-state index contributed by atoms with van der Waals surface area (Å²) in [5.74, 6) is 0.156. The Balaban J connectivity index is 2.15. The lowest BCUT2D eigenvalue weighted by molar-refractivity contribution is 0.0453. The second kappa shape index (κ2) is 11.6. The van der Waals surface area contributed by atoms with Crippen molar-refractivity contribution in [3.63, 3.8) is 0 Å². The second-order valence-corrected chi connectivity index (χ2v) is 10.5. The number of rotatable bonds is 7. The SMILES string of the molecule is COc1c([C@@H](O)CC(C)C)ccc2c1C(=O)OCc1c(Cl)c(C)cc(OC(=O)N(C(C)C)C(C)C)c1O2. The number of carbonyl (C=O) groups excluding carboxylic acids is 2. The van der Waals surface area contributed by atoms with E-state index >= 15 is 0 Å². The molecule has 1 N–H and O–H groups in total. The Hall–Kier alpha value is -2.97. The van der Waals surface area contributed by atoms with Crippen LogP contribution in [-0.4, -0.2) is 41.3 Å². The Morgan fingerprint density at radius 1 is 1.16 bits per heavy atom. The molecule has 0 radical (unpaired) electrons. The summed E-state index contributed by atoms with van der Waals surface area (Å²) >= 11 is 6.58. The molecule has 1 heterocycles. The highest BCUT2D eigenvalue weighted by atomic mass is 35.5. The number of ether oxygens (including phenoxy) is 4. The summed E-state index contributed by atoms with van der Waals surface area (Å²) in [5, 5.41) is 11.1. The van der Waals surface area contributed by atoms with Crippen molar-refractivity contribution in [1.82, 2.24) is 4.90 Å². The van der Waals surface area contributed by atoms with E-state index < -0.39 is 18.2 Å². The number of benzene rings is 2. The summed E-state index contributed by atoms with van der Waals surface area (Å²) in [5.41, 5.74) is 1.50. The van der Waals surface area contributed by atoms with Crippen LogP contribution >= 0.6 is 11.6 Å². The minimum absolute atomic E-state index is 0.0356. The van der Waals surface area contributed by atoms with Crippen LogP contribution in [-0.2, 0) is 11.3 Å². The van der Waals surface area contributed by atoms with Gasteiger partial charge in [0.2, 0.25) is 0 Å². The number of hydrogen-bond donors (Lipinski definition) is 1. The zero-order valence-corrected chi connectivity index (χ0v) is 23.4. The van der Waals surface area contributed by atoms with Gasteiger partial charge in [0.25, 0.3) is 0 Å². The Kier molecular flexibility index (Phi) is 8.97. The van der Waals surface area contributed by atoms with E-state index in [1.165, 1.54) is 7.11 Å². The molecule has 2 aromatic carbocycles. The number of aryl methyl sites for hydroxylation is 1. The molecule has 0 bridgehead atoms. The van der Waals surface area contributed by atoms with Gasteiger partial charge in [0.05, 0.1) is 23.8 Å². The van der Waals surface area contributed by atoms with Crippen molar-refractivity contribution >= 4 is 23.7 Å². The number of hydrogen-bond acceptors (Lipinski definition) is 7. The van der Waals surface area contributed by atoms with Crippen molar-refractivity contribution in [2.45, 2.75) is 79.7 Å². The molecular formula is C28H36ClNO7. The Morgan fingerprint density at radius 3 is 2.38 bits per heavy atom. The topological polar surface area (TPSA) is 94.5 Å². The van der Waals surface area contributed by atoms with Crippen molar-refractivity contribution < 1.29 is 33.6 Å². The van der Waals surface area contributed by atoms with E-state index in [0.717, 1.165) is 0 Å². The third kappa shape index (κ3) is 5.96. The van der Waals surface area contributed by atoms with Crippen LogP contribution in [0.25, 0.3) is 0 Å². The van der Waals surface area contributed by atoms with Gasteiger partial charge in [-0.3, -0.25) is 0 Å². The normalized spacial score (nSPS) is 13.8. The Bertz CT molecular complexity index is 1170. The van der Waals surface area contributed by atoms with E-state index in [-0.39, 0.29) is 53.2 Å². The van der Waals surface area contributed by atoms with Gasteiger partial charge in [0.1, 0.15) is 23.7 Å². The first-order valence-corrected chi connectivity index (χ1v) is 12.8. The number of nitrogens with zero attached hydrogens (tertiary/aromatic N) is 1. The molecule has 202 valence electrons. The molecule has 0 fully saturated rings. The fourth-order valence-corrected chi connectivity index (χ4v) is 4.72. The van der Waals surface area contributed by atoms with Crippen molar-refractivity contribution in [1.29, 1.82) is 0 Å². The summed E-state index contributed by atoms with van der Waals surface area (Å²) in [4.78, 5) is 27.9. The maximum atomic E-state index is 13.1. The zero-order valence-electron chi connectivity index (χ0n) is 22.7. The highest BCUT2D eigenvalue weighted by Crippen LogP contribution is 2.47. The fourth-order valence-electron chi connectivity index (χ4n) is 4.53. The number of cyclic esters (lactones) is 1. The summed E-state index contributed by atoms with van der Waals surface area (Å²) in [6, 6.07) is 4.66. The molecule has 0 spiro atoms. The Labute approximate surface area is 223 Å². The van der Waals surface area contributed by atoms with Crippen LogP contribution < -0.4 is 14.2 Å². The molecule has 1 aliphatic heterocycles. The summed E-state index contributed by atoms with van der Waals surface area (Å²) in [7, 11) is 1.42. The molecule has 0 saturated carbocycles. The van der Waals surface area contributed by atoms with E-state index in [9.17, 15) is 14.7 Å². The number of aliphatic hydroxyl groups is 1. The number of carbonyl (C=O) groups is 2. The smallest absolute Gasteiger partial charge is 0.415 e. The lowest BCUT2D eigenvalue weighted by Gasteiger charge is -2.30. The van der Waals surface area contributed by atoms with Crippen LogP contribution in [0, 0.1) is 12.8 Å². The molecule has 3 rings (SSSR count). The first-order chi connectivity index (χ1) is 17.4. The van der Waals surface area contributed by atoms with Gasteiger partial charge >= 0.3 is 12.1 Å². The number of fused-ring (bicyclic) bond motifs is 2. The highest BCUT2D eigenvalue weighted by Gasteiger charge is 2.32. The maximum Gasteiger partial charge on any atom is 0.415 e. The van der Waals surface area contributed by atoms with Crippen molar-refractivity contribution in [2.75, 3.05) is 7.11 Å². The molecule has 0 aromatic heterocycles. The molecule has 9 heteroatoms. The van der Waals surface area contributed by atoms with E-state index in [4.69, 9.17) is 30.5 Å². The number of halogens is 1. The minimum Gasteiger partial charge on any atom is -0.495 e. The molecule has 0 aliphatic carbocycles. The van der Waals surface area contributed by atoms with Crippen LogP contribution in [0.5, 0.6) is 23.0 Å². The van der Waals surface area contributed by atoms with Crippen molar-refractivity contribution in [3.8, 4) is 23.0 Å². The molecule has 8 nitrogen and oxygen atoms in total. The molecule has 0 saturated heterocycles. The molecule has 1 aliphatic rings. The second-order valence-electron chi connectivity index (χ2n) is 10.2. The quantitative estimate of drug-likeness (QED) is 0.390. The van der Waals surface area contributed by atoms with Gasteiger partial charge < -0.3 is 29.0 Å². The van der Waals surface area contributed by atoms with E-state index in [0.29, 0.717) is 28.1 Å². The van der Waals surface area contributed by atoms with Crippen molar-refractivity contribution in [3.05, 3.63) is 45.5 Å². The standard InChI is InChI=1S/C28H36ClNO7/c1-14(2)11-20(31)18-9-10-21-23(26(18)34-8)27(32)35-13-19-24(29)17(7)12-22(25(19)36-21)37-28(33)30(15(3)4)16(5)6/h9-10,12,14-16,20,31H,11,13H2,1-8H3/t20-/m0/s1. The van der Waals surface area contributed by atoms with Gasteiger partial charge in [-0.1, -0.05) is 25.4 Å². The molecule has 1 atom stereocenters. The molecule has 0 unspecified atom stereocenters. The monoisotopic (exact) mass is 533 g/mol. The van der Waals surface area contributed by atoms with Crippen LogP contribution in [0.4, 0.5) is 4.79 Å². The van der Waals surface area contributed by atoms with Crippen LogP contribution in [0.1, 0.15) is 81.1 Å². The number of amides is 1. The first-order valence-electron chi connectivity index (χ1n) is 12.4. The van der Waals surface area contributed by atoms with Gasteiger partial charge in [-0.25, -0.2) is 9.59 Å². The summed E-state index contributed by atoms with van der Waals surface area (Å²) < 4.78 is 23.2. The Morgan fingerprint density at radius 2 is 1.81 bits per heavy atom. The average molecular weight is 534 g/mol. The molecule has 1 amide bonds. The molecule has 37 heavy (non-hydrogen) atoms. The van der Waals surface area contributed by atoms with Crippen LogP contribution in [0.15, 0.2) is 18.2 Å². The van der Waals surface area contributed by atoms with Gasteiger partial charge in [-0.2, -0.15) is 0 Å². The van der Waals surface area contributed by atoms with Crippen LogP contribution in [0.3, 0.4) is 0 Å².